The Morgan fingerprint density at radius 1 is 1.36 bits per heavy atom. The molecular weight excluding hydrogens is 325 g/mol. The van der Waals surface area contributed by atoms with Gasteiger partial charge in [-0.15, -0.1) is 0 Å². The van der Waals surface area contributed by atoms with Gasteiger partial charge in [-0.1, -0.05) is 0 Å². The van der Waals surface area contributed by atoms with Crippen LogP contribution >= 0.6 is 0 Å². The first-order valence-corrected chi connectivity index (χ1v) is 7.87. The number of carbonyl (C=O) groups is 1. The van der Waals surface area contributed by atoms with Gasteiger partial charge in [0.2, 0.25) is 5.88 Å². The lowest BCUT2D eigenvalue weighted by molar-refractivity contribution is 0.0957. The first-order valence-electron chi connectivity index (χ1n) is 7.87. The number of nitrogens with zero attached hydrogens (tertiary/aromatic N) is 2. The van der Waals surface area contributed by atoms with Crippen molar-refractivity contribution in [3.8, 4) is 11.6 Å². The van der Waals surface area contributed by atoms with Crippen molar-refractivity contribution >= 4 is 22.6 Å². The highest BCUT2D eigenvalue weighted by atomic mass is 19.1. The van der Waals surface area contributed by atoms with E-state index < -0.39 is 5.82 Å². The molecule has 25 heavy (non-hydrogen) atoms. The van der Waals surface area contributed by atoms with Gasteiger partial charge in [-0.05, 0) is 31.2 Å². The molecule has 0 radical (unpaired) electrons. The van der Waals surface area contributed by atoms with Crippen molar-refractivity contribution in [3.05, 3.63) is 47.9 Å². The molecule has 1 atom stereocenters. The number of carbonyl (C=O) groups excluding carboxylic acids is 1. The second kappa shape index (κ2) is 5.77. The second-order valence-corrected chi connectivity index (χ2v) is 5.93. The van der Waals surface area contributed by atoms with Crippen LogP contribution in [0.4, 0.5) is 10.1 Å². The van der Waals surface area contributed by atoms with Crippen LogP contribution in [-0.4, -0.2) is 35.6 Å². The SMILES string of the molecule is COc1ccc2cc(C(=O)N3CC(C)Oc4cc(F)ccc43)[nH]c2n1. The number of rotatable bonds is 2. The molecule has 7 heteroatoms. The molecule has 1 aromatic carbocycles. The summed E-state index contributed by atoms with van der Waals surface area (Å²) in [6.07, 6.45) is -0.235. The van der Waals surface area contributed by atoms with Crippen LogP contribution in [0, 0.1) is 5.82 Å². The van der Waals surface area contributed by atoms with Gasteiger partial charge in [-0.3, -0.25) is 9.69 Å². The number of nitrogens with one attached hydrogen (secondary N) is 1. The molecule has 2 aromatic heterocycles. The van der Waals surface area contributed by atoms with Crippen molar-refractivity contribution in [1.29, 1.82) is 0 Å². The predicted molar refractivity (Wildman–Crippen MR) is 90.8 cm³/mol. The largest absolute Gasteiger partial charge is 0.487 e. The van der Waals surface area contributed by atoms with E-state index >= 15 is 0 Å². The number of ether oxygens (including phenoxy) is 2. The van der Waals surface area contributed by atoms with Crippen molar-refractivity contribution in [2.45, 2.75) is 13.0 Å². The number of H-pyrrole nitrogens is 1. The molecule has 6 nitrogen and oxygen atoms in total. The highest BCUT2D eigenvalue weighted by Gasteiger charge is 2.29. The molecule has 1 aliphatic rings. The number of amides is 1. The van der Waals surface area contributed by atoms with Crippen molar-refractivity contribution in [1.82, 2.24) is 9.97 Å². The Balaban J connectivity index is 1.74. The summed E-state index contributed by atoms with van der Waals surface area (Å²) in [6.45, 7) is 2.22. The monoisotopic (exact) mass is 341 g/mol. The third-order valence-electron chi connectivity index (χ3n) is 4.12. The number of hydrogen-bond donors (Lipinski definition) is 1. The van der Waals surface area contributed by atoms with Gasteiger partial charge in [0.05, 0.1) is 19.3 Å². The minimum absolute atomic E-state index is 0.222. The van der Waals surface area contributed by atoms with Crippen molar-refractivity contribution in [2.24, 2.45) is 0 Å². The molecule has 0 saturated heterocycles. The molecule has 0 spiro atoms. The smallest absolute Gasteiger partial charge is 0.275 e. The number of fused-ring (bicyclic) bond motifs is 2. The van der Waals surface area contributed by atoms with Gasteiger partial charge >= 0.3 is 0 Å². The molecule has 0 saturated carbocycles. The summed E-state index contributed by atoms with van der Waals surface area (Å²) in [4.78, 5) is 21.9. The maximum atomic E-state index is 13.5. The summed E-state index contributed by atoms with van der Waals surface area (Å²) in [5.74, 6) is 0.208. The maximum absolute atomic E-state index is 13.5. The molecule has 128 valence electrons. The van der Waals surface area contributed by atoms with Crippen LogP contribution in [0.25, 0.3) is 11.0 Å². The summed E-state index contributed by atoms with van der Waals surface area (Å²) >= 11 is 0. The van der Waals surface area contributed by atoms with Gasteiger partial charge < -0.3 is 14.5 Å². The van der Waals surface area contributed by atoms with Gasteiger partial charge in [-0.2, -0.15) is 4.98 Å². The second-order valence-electron chi connectivity index (χ2n) is 5.93. The predicted octanol–water partition coefficient (Wildman–Crippen LogP) is 3.14. The average Bonchev–Trinajstić information content (AvgIpc) is 3.02. The van der Waals surface area contributed by atoms with Crippen molar-refractivity contribution in [2.75, 3.05) is 18.6 Å². The Morgan fingerprint density at radius 2 is 2.20 bits per heavy atom. The Hall–Kier alpha value is -3.09. The van der Waals surface area contributed by atoms with Crippen molar-refractivity contribution in [3.63, 3.8) is 0 Å². The number of aromatic nitrogens is 2. The van der Waals surface area contributed by atoms with Gasteiger partial charge in [0.1, 0.15) is 29.0 Å². The zero-order chi connectivity index (χ0) is 17.6. The van der Waals surface area contributed by atoms with Crippen LogP contribution in [0.2, 0.25) is 0 Å². The van der Waals surface area contributed by atoms with E-state index in [9.17, 15) is 9.18 Å². The average molecular weight is 341 g/mol. The molecule has 0 aliphatic carbocycles. The quantitative estimate of drug-likeness (QED) is 0.778. The Morgan fingerprint density at radius 3 is 3.00 bits per heavy atom. The molecule has 0 fully saturated rings. The molecule has 4 rings (SSSR count). The number of pyridine rings is 1. The van der Waals surface area contributed by atoms with Crippen LogP contribution in [-0.2, 0) is 0 Å². The molecule has 1 amide bonds. The molecule has 1 aliphatic heterocycles. The summed E-state index contributed by atoms with van der Waals surface area (Å²) < 4.78 is 24.2. The number of hydrogen-bond acceptors (Lipinski definition) is 4. The fourth-order valence-corrected chi connectivity index (χ4v) is 2.97. The van der Waals surface area contributed by atoms with E-state index in [1.807, 2.05) is 13.0 Å². The zero-order valence-electron chi connectivity index (χ0n) is 13.7. The van der Waals surface area contributed by atoms with Gasteiger partial charge in [-0.25, -0.2) is 4.39 Å². The van der Waals surface area contributed by atoms with Crippen LogP contribution in [0.3, 0.4) is 0 Å². The first kappa shape index (κ1) is 15.4. The molecule has 1 N–H and O–H groups in total. The van der Waals surface area contributed by atoms with E-state index in [2.05, 4.69) is 9.97 Å². The van der Waals surface area contributed by atoms with Crippen LogP contribution in [0.5, 0.6) is 11.6 Å². The van der Waals surface area contributed by atoms with E-state index in [-0.39, 0.29) is 12.0 Å². The third kappa shape index (κ3) is 2.67. The number of halogens is 1. The number of methoxy groups -OCH3 is 1. The van der Waals surface area contributed by atoms with Crippen LogP contribution < -0.4 is 14.4 Å². The molecule has 0 bridgehead atoms. The standard InChI is InChI=1S/C18H16FN3O3/c1-10-9-22(14-5-4-12(19)8-15(14)25-10)18(23)13-7-11-3-6-16(24-2)21-17(11)20-13/h3-8,10H,9H2,1-2H3,(H,20,21). The zero-order valence-corrected chi connectivity index (χ0v) is 13.7. The van der Waals surface area contributed by atoms with E-state index in [1.54, 1.807) is 23.1 Å². The summed E-state index contributed by atoms with van der Waals surface area (Å²) in [5, 5.41) is 0.810. The van der Waals surface area contributed by atoms with E-state index in [4.69, 9.17) is 9.47 Å². The van der Waals surface area contributed by atoms with Gasteiger partial charge in [0.25, 0.3) is 5.91 Å². The third-order valence-corrected chi connectivity index (χ3v) is 4.12. The van der Waals surface area contributed by atoms with Crippen LogP contribution in [0.15, 0.2) is 36.4 Å². The normalized spacial score (nSPS) is 16.4. The van der Waals surface area contributed by atoms with E-state index in [0.717, 1.165) is 5.39 Å². The minimum atomic E-state index is -0.401. The lowest BCUT2D eigenvalue weighted by atomic mass is 10.1. The lowest BCUT2D eigenvalue weighted by Crippen LogP contribution is -2.42. The number of anilines is 1. The molecular formula is C18H16FN3O3. The first-order chi connectivity index (χ1) is 12.0. The van der Waals surface area contributed by atoms with E-state index in [0.29, 0.717) is 35.2 Å². The molecule has 3 heterocycles. The van der Waals surface area contributed by atoms with Crippen LogP contribution in [0.1, 0.15) is 17.4 Å². The summed E-state index contributed by atoms with van der Waals surface area (Å²) in [7, 11) is 1.54. The summed E-state index contributed by atoms with van der Waals surface area (Å²) in [5.41, 5.74) is 1.53. The Bertz CT molecular complexity index is 969. The van der Waals surface area contributed by atoms with E-state index in [1.165, 1.54) is 19.2 Å². The van der Waals surface area contributed by atoms with Gasteiger partial charge in [0.15, 0.2) is 0 Å². The lowest BCUT2D eigenvalue weighted by Gasteiger charge is -2.33. The Labute approximate surface area is 143 Å². The highest BCUT2D eigenvalue weighted by molar-refractivity contribution is 6.08. The van der Waals surface area contributed by atoms with Crippen molar-refractivity contribution < 1.29 is 18.7 Å². The topological polar surface area (TPSA) is 67.4 Å². The molecule has 1 unspecified atom stereocenters. The molecule has 3 aromatic rings. The summed E-state index contributed by atoms with van der Waals surface area (Å²) in [6, 6.07) is 9.48. The number of benzene rings is 1. The maximum Gasteiger partial charge on any atom is 0.275 e. The number of aromatic amines is 1. The Kier molecular flexibility index (Phi) is 3.56. The highest BCUT2D eigenvalue weighted by Crippen LogP contribution is 2.35. The minimum Gasteiger partial charge on any atom is -0.487 e. The fraction of sp³-hybridized carbons (Fsp3) is 0.222. The van der Waals surface area contributed by atoms with Gasteiger partial charge in [0, 0.05) is 17.5 Å². The fourth-order valence-electron chi connectivity index (χ4n) is 2.97.